The Balaban J connectivity index is 1.77. The summed E-state index contributed by atoms with van der Waals surface area (Å²) in [4.78, 5) is 0. The molecule has 1 spiro atoms. The van der Waals surface area contributed by atoms with Crippen LogP contribution in [0.1, 0.15) is 32.6 Å². The largest absolute Gasteiger partial charge is 0.396 e. The molecule has 6 atom stereocenters. The Bertz CT molecular complexity index is 287. The molecule has 4 aliphatic rings. The summed E-state index contributed by atoms with van der Waals surface area (Å²) in [6.07, 6.45) is 5.86. The van der Waals surface area contributed by atoms with E-state index in [4.69, 9.17) is 0 Å². The van der Waals surface area contributed by atoms with Crippen molar-refractivity contribution in [1.29, 1.82) is 0 Å². The molecule has 0 aromatic carbocycles. The number of hydrogen-bond donors (Lipinski definition) is 1. The molecule has 1 heteroatoms. The second-order valence-corrected chi connectivity index (χ2v) is 6.24. The molecular weight excluding hydrogens is 160 g/mol. The van der Waals surface area contributed by atoms with Crippen molar-refractivity contribution in [1.82, 2.24) is 0 Å². The van der Waals surface area contributed by atoms with Crippen molar-refractivity contribution in [2.45, 2.75) is 32.6 Å². The first-order valence-electron chi connectivity index (χ1n) is 5.85. The van der Waals surface area contributed by atoms with Gasteiger partial charge >= 0.3 is 0 Å². The Labute approximate surface area is 79.5 Å². The van der Waals surface area contributed by atoms with Gasteiger partial charge in [-0.15, -0.1) is 0 Å². The maximum absolute atomic E-state index is 9.34. The minimum absolute atomic E-state index is 0.472. The van der Waals surface area contributed by atoms with Gasteiger partial charge in [0, 0.05) is 6.61 Å². The monoisotopic (exact) mass is 178 g/mol. The Hall–Kier alpha value is -0.0400. The molecule has 1 N–H and O–H groups in total. The van der Waals surface area contributed by atoms with Crippen LogP contribution in [0.3, 0.4) is 0 Å². The van der Waals surface area contributed by atoms with Crippen molar-refractivity contribution in [3.63, 3.8) is 0 Å². The van der Waals surface area contributed by atoms with Crippen molar-refractivity contribution < 1.29 is 5.11 Å². The van der Waals surface area contributed by atoms with E-state index in [1.165, 1.54) is 25.7 Å². The fourth-order valence-electron chi connectivity index (χ4n) is 6.26. The minimum atomic E-state index is 0.472. The third-order valence-corrected chi connectivity index (χ3v) is 6.39. The van der Waals surface area contributed by atoms with Gasteiger partial charge in [0.05, 0.1) is 0 Å². The maximum Gasteiger partial charge on any atom is 0.0465 e. The van der Waals surface area contributed by atoms with E-state index in [2.05, 4.69) is 6.92 Å². The summed E-state index contributed by atoms with van der Waals surface area (Å²) in [7, 11) is 0. The quantitative estimate of drug-likeness (QED) is 0.651. The molecule has 0 aromatic heterocycles. The number of aliphatic hydroxyl groups is 1. The van der Waals surface area contributed by atoms with E-state index in [0.29, 0.717) is 12.5 Å². The van der Waals surface area contributed by atoms with Crippen molar-refractivity contribution >= 4 is 0 Å². The summed E-state index contributed by atoms with van der Waals surface area (Å²) in [6.45, 7) is 2.98. The highest BCUT2D eigenvalue weighted by molar-refractivity contribution is 5.33. The van der Waals surface area contributed by atoms with Crippen molar-refractivity contribution in [2.24, 2.45) is 34.5 Å². The highest BCUT2D eigenvalue weighted by Gasteiger charge is 2.85. The molecule has 72 valence electrons. The molecular formula is C12H18O. The summed E-state index contributed by atoms with van der Waals surface area (Å²) in [5.41, 5.74) is 1.51. The van der Waals surface area contributed by atoms with Crippen LogP contribution in [0.5, 0.6) is 0 Å². The van der Waals surface area contributed by atoms with Gasteiger partial charge < -0.3 is 5.11 Å². The highest BCUT2D eigenvalue weighted by Crippen LogP contribution is 2.90. The molecule has 0 heterocycles. The van der Waals surface area contributed by atoms with Gasteiger partial charge in [-0.2, -0.15) is 0 Å². The van der Waals surface area contributed by atoms with E-state index in [-0.39, 0.29) is 0 Å². The first-order valence-corrected chi connectivity index (χ1v) is 5.85. The lowest BCUT2D eigenvalue weighted by molar-refractivity contribution is -0.371. The summed E-state index contributed by atoms with van der Waals surface area (Å²) in [6, 6.07) is 0. The standard InChI is InChI=1S/C12H18O/c1-11-4-7-2-3-9-8(6-13)10(5-11)12(7,9)11/h7-10,13H,2-6H2,1H3/t7-,8-,9-,10-,11+,12?/m0/s1. The average Bonchev–Trinajstić information content (AvgIpc) is 2.42. The van der Waals surface area contributed by atoms with Crippen LogP contribution in [-0.4, -0.2) is 11.7 Å². The zero-order chi connectivity index (χ0) is 8.84. The molecule has 1 nitrogen and oxygen atoms in total. The summed E-state index contributed by atoms with van der Waals surface area (Å²) in [5, 5.41) is 9.34. The topological polar surface area (TPSA) is 20.2 Å². The predicted molar refractivity (Wildman–Crippen MR) is 50.1 cm³/mol. The molecule has 4 aliphatic carbocycles. The lowest BCUT2D eigenvalue weighted by atomic mass is 9.20. The summed E-state index contributed by atoms with van der Waals surface area (Å²) < 4.78 is 0. The van der Waals surface area contributed by atoms with E-state index in [1.54, 1.807) is 0 Å². The Morgan fingerprint density at radius 3 is 2.77 bits per heavy atom. The molecule has 0 bridgehead atoms. The molecule has 4 rings (SSSR count). The molecule has 13 heavy (non-hydrogen) atoms. The van der Waals surface area contributed by atoms with Crippen LogP contribution in [-0.2, 0) is 0 Å². The Morgan fingerprint density at radius 2 is 2.08 bits per heavy atom. The van der Waals surface area contributed by atoms with E-state index in [9.17, 15) is 5.11 Å². The predicted octanol–water partition coefficient (Wildman–Crippen LogP) is 2.05. The zero-order valence-electron chi connectivity index (χ0n) is 8.29. The normalized spacial score (nSPS) is 71.5. The SMILES string of the molecule is C[C@@]12C[C@@H]3CC[C@H]4[C@H](CO)[C@H](C1)C342. The van der Waals surface area contributed by atoms with Crippen molar-refractivity contribution in [3.05, 3.63) is 0 Å². The number of rotatable bonds is 1. The average molecular weight is 178 g/mol. The molecule has 4 saturated carbocycles. The lowest BCUT2D eigenvalue weighted by Gasteiger charge is -2.84. The van der Waals surface area contributed by atoms with Crippen LogP contribution in [0.15, 0.2) is 0 Å². The second-order valence-electron chi connectivity index (χ2n) is 6.24. The summed E-state index contributed by atoms with van der Waals surface area (Å²) in [5.74, 6) is 3.65. The van der Waals surface area contributed by atoms with Crippen LogP contribution >= 0.6 is 0 Å². The third kappa shape index (κ3) is 0.439. The minimum Gasteiger partial charge on any atom is -0.396 e. The van der Waals surface area contributed by atoms with Gasteiger partial charge in [0.1, 0.15) is 0 Å². The Kier molecular flexibility index (Phi) is 0.959. The van der Waals surface area contributed by atoms with Crippen LogP contribution in [0, 0.1) is 34.5 Å². The van der Waals surface area contributed by atoms with Crippen molar-refractivity contribution in [3.8, 4) is 0 Å². The molecule has 0 saturated heterocycles. The first kappa shape index (κ1) is 7.28. The fourth-order valence-corrected chi connectivity index (χ4v) is 6.26. The summed E-state index contributed by atoms with van der Waals surface area (Å²) >= 11 is 0. The number of aliphatic hydroxyl groups excluding tert-OH is 1. The van der Waals surface area contributed by atoms with Crippen LogP contribution in [0.25, 0.3) is 0 Å². The van der Waals surface area contributed by atoms with Gasteiger partial charge in [0.25, 0.3) is 0 Å². The smallest absolute Gasteiger partial charge is 0.0465 e. The first-order chi connectivity index (χ1) is 6.24. The van der Waals surface area contributed by atoms with E-state index in [0.717, 1.165) is 28.6 Å². The lowest BCUT2D eigenvalue weighted by Crippen LogP contribution is -2.79. The highest BCUT2D eigenvalue weighted by atomic mass is 16.3. The number of hydrogen-bond acceptors (Lipinski definition) is 1. The van der Waals surface area contributed by atoms with E-state index in [1.807, 2.05) is 0 Å². The van der Waals surface area contributed by atoms with Gasteiger partial charge in [-0.3, -0.25) is 0 Å². The Morgan fingerprint density at radius 1 is 1.23 bits per heavy atom. The fraction of sp³-hybridized carbons (Fsp3) is 1.00. The van der Waals surface area contributed by atoms with Crippen LogP contribution in [0.2, 0.25) is 0 Å². The van der Waals surface area contributed by atoms with Gasteiger partial charge in [0.2, 0.25) is 0 Å². The molecule has 0 aliphatic heterocycles. The second kappa shape index (κ2) is 1.71. The van der Waals surface area contributed by atoms with E-state index >= 15 is 0 Å². The van der Waals surface area contributed by atoms with Crippen molar-refractivity contribution in [2.75, 3.05) is 6.61 Å². The van der Waals surface area contributed by atoms with Gasteiger partial charge in [-0.1, -0.05) is 6.92 Å². The molecule has 0 radical (unpaired) electrons. The third-order valence-electron chi connectivity index (χ3n) is 6.39. The molecule has 1 unspecified atom stereocenters. The van der Waals surface area contributed by atoms with Gasteiger partial charge in [-0.25, -0.2) is 0 Å². The molecule has 0 aromatic rings. The van der Waals surface area contributed by atoms with Crippen LogP contribution in [0.4, 0.5) is 0 Å². The van der Waals surface area contributed by atoms with Crippen LogP contribution < -0.4 is 0 Å². The maximum atomic E-state index is 9.34. The zero-order valence-corrected chi connectivity index (χ0v) is 8.29. The van der Waals surface area contributed by atoms with Gasteiger partial charge in [-0.05, 0) is 60.2 Å². The molecule has 4 fully saturated rings. The van der Waals surface area contributed by atoms with Gasteiger partial charge in [0.15, 0.2) is 0 Å². The molecule has 0 amide bonds. The van der Waals surface area contributed by atoms with E-state index < -0.39 is 0 Å².